The molecule has 88 valence electrons. The van der Waals surface area contributed by atoms with Crippen molar-refractivity contribution in [2.45, 2.75) is 4.90 Å². The minimum Gasteiger partial charge on any atom is -0.450 e. The van der Waals surface area contributed by atoms with Gasteiger partial charge in [-0.2, -0.15) is 0 Å². The van der Waals surface area contributed by atoms with E-state index in [0.29, 0.717) is 5.75 Å². The number of ether oxygens (including phenoxy) is 1. The quantitative estimate of drug-likeness (QED) is 0.811. The van der Waals surface area contributed by atoms with E-state index in [0.717, 1.165) is 4.90 Å². The number of hydrogen-bond donors (Lipinski definition) is 2. The molecule has 0 aliphatic heterocycles. The van der Waals surface area contributed by atoms with Gasteiger partial charge in [0.15, 0.2) is 0 Å². The molecule has 2 rings (SSSR count). The molecule has 0 saturated carbocycles. The van der Waals surface area contributed by atoms with Crippen LogP contribution in [-0.2, 0) is 0 Å². The van der Waals surface area contributed by atoms with Gasteiger partial charge < -0.3 is 9.72 Å². The first-order chi connectivity index (χ1) is 8.19. The summed E-state index contributed by atoms with van der Waals surface area (Å²) >= 11 is 1.62. The Morgan fingerprint density at radius 3 is 2.47 bits per heavy atom. The Labute approximate surface area is 101 Å². The Kier molecular flexibility index (Phi) is 3.34. The molecule has 0 unspecified atom stereocenters. The van der Waals surface area contributed by atoms with Gasteiger partial charge in [0.2, 0.25) is 5.75 Å². The zero-order valence-corrected chi connectivity index (χ0v) is 9.84. The van der Waals surface area contributed by atoms with Gasteiger partial charge in [0.25, 0.3) is 5.56 Å². The van der Waals surface area contributed by atoms with Crippen LogP contribution in [-0.4, -0.2) is 16.2 Å². The molecule has 17 heavy (non-hydrogen) atoms. The van der Waals surface area contributed by atoms with Crippen molar-refractivity contribution < 1.29 is 4.74 Å². The summed E-state index contributed by atoms with van der Waals surface area (Å²) in [4.78, 5) is 27.7. The molecular weight excluding hydrogens is 240 g/mol. The maximum atomic E-state index is 11.4. The Bertz CT molecular complexity index is 616. The average molecular weight is 250 g/mol. The fourth-order valence-electron chi connectivity index (χ4n) is 1.24. The van der Waals surface area contributed by atoms with E-state index in [1.54, 1.807) is 23.9 Å². The van der Waals surface area contributed by atoms with E-state index in [4.69, 9.17) is 4.74 Å². The van der Waals surface area contributed by atoms with Crippen LogP contribution in [0.2, 0.25) is 0 Å². The van der Waals surface area contributed by atoms with Crippen molar-refractivity contribution in [3.8, 4) is 11.5 Å². The van der Waals surface area contributed by atoms with Crippen molar-refractivity contribution in [3.63, 3.8) is 0 Å². The van der Waals surface area contributed by atoms with Crippen molar-refractivity contribution in [2.75, 3.05) is 6.26 Å². The number of H-pyrrole nitrogens is 2. The van der Waals surface area contributed by atoms with E-state index in [1.807, 2.05) is 18.4 Å². The predicted octanol–water partition coefficient (Wildman–Crippen LogP) is 1.58. The molecule has 0 aliphatic carbocycles. The average Bonchev–Trinajstić information content (AvgIpc) is 2.34. The molecule has 0 radical (unpaired) electrons. The molecule has 1 heterocycles. The van der Waals surface area contributed by atoms with Crippen LogP contribution >= 0.6 is 11.8 Å². The van der Waals surface area contributed by atoms with E-state index in [9.17, 15) is 9.59 Å². The lowest BCUT2D eigenvalue weighted by atomic mass is 10.3. The molecule has 0 fully saturated rings. The Morgan fingerprint density at radius 2 is 1.88 bits per heavy atom. The number of aromatic amines is 2. The van der Waals surface area contributed by atoms with E-state index in [2.05, 4.69) is 9.97 Å². The monoisotopic (exact) mass is 250 g/mol. The van der Waals surface area contributed by atoms with Gasteiger partial charge in [-0.15, -0.1) is 11.8 Å². The van der Waals surface area contributed by atoms with E-state index < -0.39 is 11.2 Å². The van der Waals surface area contributed by atoms with E-state index in [-0.39, 0.29) is 5.75 Å². The topological polar surface area (TPSA) is 75.0 Å². The van der Waals surface area contributed by atoms with Gasteiger partial charge in [-0.05, 0) is 30.5 Å². The summed E-state index contributed by atoms with van der Waals surface area (Å²) in [6.07, 6.45) is 3.21. The van der Waals surface area contributed by atoms with E-state index in [1.165, 1.54) is 6.20 Å². The third-order valence-corrected chi connectivity index (χ3v) is 2.82. The fraction of sp³-hybridized carbons (Fsp3) is 0.0909. The lowest BCUT2D eigenvalue weighted by Gasteiger charge is -2.04. The molecule has 2 aromatic rings. The van der Waals surface area contributed by atoms with Crippen LogP contribution in [0.5, 0.6) is 11.5 Å². The van der Waals surface area contributed by atoms with Gasteiger partial charge in [0.05, 0.1) is 6.20 Å². The van der Waals surface area contributed by atoms with Gasteiger partial charge in [-0.25, -0.2) is 4.79 Å². The Balaban J connectivity index is 2.25. The highest BCUT2D eigenvalue weighted by molar-refractivity contribution is 7.98. The van der Waals surface area contributed by atoms with Gasteiger partial charge in [0.1, 0.15) is 5.75 Å². The van der Waals surface area contributed by atoms with Gasteiger partial charge in [-0.1, -0.05) is 0 Å². The van der Waals surface area contributed by atoms with Crippen LogP contribution in [0, 0.1) is 0 Å². The predicted molar refractivity (Wildman–Crippen MR) is 66.0 cm³/mol. The summed E-state index contributed by atoms with van der Waals surface area (Å²) in [6, 6.07) is 7.30. The minimum absolute atomic E-state index is 0.0569. The maximum Gasteiger partial charge on any atom is 0.325 e. The second kappa shape index (κ2) is 4.92. The smallest absolute Gasteiger partial charge is 0.325 e. The first kappa shape index (κ1) is 11.5. The number of thioether (sulfide) groups is 1. The van der Waals surface area contributed by atoms with Crippen molar-refractivity contribution in [1.82, 2.24) is 9.97 Å². The van der Waals surface area contributed by atoms with Gasteiger partial charge >= 0.3 is 5.69 Å². The largest absolute Gasteiger partial charge is 0.450 e. The third-order valence-electron chi connectivity index (χ3n) is 2.07. The second-order valence-electron chi connectivity index (χ2n) is 3.21. The van der Waals surface area contributed by atoms with Crippen LogP contribution < -0.4 is 16.0 Å². The van der Waals surface area contributed by atoms with Crippen LogP contribution in [0.4, 0.5) is 0 Å². The van der Waals surface area contributed by atoms with Gasteiger partial charge in [0, 0.05) is 4.90 Å². The van der Waals surface area contributed by atoms with Crippen molar-refractivity contribution in [3.05, 3.63) is 51.3 Å². The molecule has 6 heteroatoms. The normalized spacial score (nSPS) is 10.2. The summed E-state index contributed by atoms with van der Waals surface area (Å²) in [5.41, 5.74) is -1.11. The van der Waals surface area contributed by atoms with Crippen LogP contribution in [0.1, 0.15) is 0 Å². The molecule has 0 atom stereocenters. The zero-order chi connectivity index (χ0) is 12.3. The molecule has 0 saturated heterocycles. The molecule has 1 aromatic carbocycles. The standard InChI is InChI=1S/C11H10N2O3S/c1-17-8-4-2-7(3-5-8)16-9-6-12-11(15)13-10(9)14/h2-6H,1H3,(H2,12,13,14,15). The van der Waals surface area contributed by atoms with Gasteiger partial charge in [-0.3, -0.25) is 9.78 Å². The molecule has 1 aromatic heterocycles. The van der Waals surface area contributed by atoms with Crippen molar-refractivity contribution in [1.29, 1.82) is 0 Å². The highest BCUT2D eigenvalue weighted by Crippen LogP contribution is 2.21. The number of aromatic nitrogens is 2. The summed E-state index contributed by atoms with van der Waals surface area (Å²) in [5, 5.41) is 0. The van der Waals surface area contributed by atoms with Crippen LogP contribution in [0.15, 0.2) is 44.9 Å². The Hall–Kier alpha value is -1.95. The molecule has 0 bridgehead atoms. The highest BCUT2D eigenvalue weighted by Gasteiger charge is 2.02. The molecule has 0 amide bonds. The lowest BCUT2D eigenvalue weighted by Crippen LogP contribution is -2.21. The maximum absolute atomic E-state index is 11.4. The summed E-state index contributed by atoms with van der Waals surface area (Å²) < 4.78 is 5.34. The minimum atomic E-state index is -0.555. The number of hydrogen-bond acceptors (Lipinski definition) is 4. The first-order valence-electron chi connectivity index (χ1n) is 4.83. The molecule has 0 spiro atoms. The third kappa shape index (κ3) is 2.79. The first-order valence-corrected chi connectivity index (χ1v) is 6.05. The van der Waals surface area contributed by atoms with Crippen molar-refractivity contribution >= 4 is 11.8 Å². The van der Waals surface area contributed by atoms with E-state index >= 15 is 0 Å². The molecule has 2 N–H and O–H groups in total. The lowest BCUT2D eigenvalue weighted by molar-refractivity contribution is 0.470. The zero-order valence-electron chi connectivity index (χ0n) is 9.02. The fourth-order valence-corrected chi connectivity index (χ4v) is 1.65. The number of rotatable bonds is 3. The number of nitrogens with one attached hydrogen (secondary N) is 2. The highest BCUT2D eigenvalue weighted by atomic mass is 32.2. The number of benzene rings is 1. The summed E-state index contributed by atoms with van der Waals surface area (Å²) in [5.74, 6) is 0.599. The molecule has 5 nitrogen and oxygen atoms in total. The molecule has 0 aliphatic rings. The summed E-state index contributed by atoms with van der Waals surface area (Å²) in [7, 11) is 0. The SMILES string of the molecule is CSc1ccc(Oc2c[nH]c(=O)[nH]c2=O)cc1. The van der Waals surface area contributed by atoms with Crippen molar-refractivity contribution in [2.24, 2.45) is 0 Å². The Morgan fingerprint density at radius 1 is 1.18 bits per heavy atom. The molecular formula is C11H10N2O3S. The van der Waals surface area contributed by atoms with Crippen LogP contribution in [0.25, 0.3) is 0 Å². The summed E-state index contributed by atoms with van der Waals surface area (Å²) in [6.45, 7) is 0. The van der Waals surface area contributed by atoms with Crippen LogP contribution in [0.3, 0.4) is 0 Å². The second-order valence-corrected chi connectivity index (χ2v) is 4.09.